The Morgan fingerprint density at radius 1 is 1.32 bits per heavy atom. The second kappa shape index (κ2) is 5.61. The molecule has 0 amide bonds. The molecule has 3 rings (SSSR count). The maximum Gasteiger partial charge on any atom is 0.0973 e. The van der Waals surface area contributed by atoms with Gasteiger partial charge < -0.3 is 4.74 Å². The van der Waals surface area contributed by atoms with Gasteiger partial charge in [0, 0.05) is 19.1 Å². The van der Waals surface area contributed by atoms with Crippen LogP contribution in [0.4, 0.5) is 0 Å². The van der Waals surface area contributed by atoms with Gasteiger partial charge in [-0.1, -0.05) is 37.3 Å². The van der Waals surface area contributed by atoms with Crippen LogP contribution < -0.4 is 5.32 Å². The summed E-state index contributed by atoms with van der Waals surface area (Å²) in [5, 5.41) is 3.29. The zero-order chi connectivity index (χ0) is 13.1. The number of likely N-dealkylation sites (tertiary alicyclic amines) is 1. The van der Waals surface area contributed by atoms with E-state index < -0.39 is 0 Å². The van der Waals surface area contributed by atoms with E-state index in [9.17, 15) is 0 Å². The Morgan fingerprint density at radius 2 is 2.16 bits per heavy atom. The fourth-order valence-corrected chi connectivity index (χ4v) is 3.51. The molecule has 0 bridgehead atoms. The maximum atomic E-state index is 6.07. The van der Waals surface area contributed by atoms with E-state index in [1.165, 1.54) is 18.4 Å². The summed E-state index contributed by atoms with van der Waals surface area (Å²) in [6, 6.07) is 11.5. The largest absolute Gasteiger partial charge is 0.358 e. The molecule has 2 heterocycles. The average molecular weight is 260 g/mol. The minimum atomic E-state index is 0.104. The molecule has 1 aromatic carbocycles. The van der Waals surface area contributed by atoms with Crippen LogP contribution in [0, 0.1) is 0 Å². The van der Waals surface area contributed by atoms with E-state index >= 15 is 0 Å². The van der Waals surface area contributed by atoms with E-state index in [-0.39, 0.29) is 5.60 Å². The molecule has 1 aromatic rings. The van der Waals surface area contributed by atoms with Gasteiger partial charge in [-0.25, -0.2) is 0 Å². The van der Waals surface area contributed by atoms with Crippen molar-refractivity contribution in [3.05, 3.63) is 35.9 Å². The first-order valence-electron chi connectivity index (χ1n) is 7.47. The van der Waals surface area contributed by atoms with Crippen LogP contribution in [0.25, 0.3) is 0 Å². The summed E-state index contributed by atoms with van der Waals surface area (Å²) in [6.45, 7) is 6.24. The Kier molecular flexibility index (Phi) is 3.87. The number of ether oxygens (including phenoxy) is 1. The molecule has 3 heteroatoms. The van der Waals surface area contributed by atoms with E-state index in [0.29, 0.717) is 12.8 Å². The summed E-state index contributed by atoms with van der Waals surface area (Å²) in [7, 11) is 0. The number of rotatable bonds is 2. The van der Waals surface area contributed by atoms with E-state index in [4.69, 9.17) is 4.74 Å². The van der Waals surface area contributed by atoms with Crippen molar-refractivity contribution < 1.29 is 4.74 Å². The zero-order valence-electron chi connectivity index (χ0n) is 11.8. The molecule has 104 valence electrons. The number of hydrogen-bond donors (Lipinski definition) is 1. The second-order valence-electron chi connectivity index (χ2n) is 5.75. The highest BCUT2D eigenvalue weighted by Gasteiger charge is 2.41. The highest BCUT2D eigenvalue weighted by molar-refractivity contribution is 5.20. The molecule has 0 aliphatic carbocycles. The van der Waals surface area contributed by atoms with Crippen molar-refractivity contribution in [2.24, 2.45) is 0 Å². The average Bonchev–Trinajstić information content (AvgIpc) is 2.49. The van der Waals surface area contributed by atoms with Crippen molar-refractivity contribution in [3.8, 4) is 0 Å². The fourth-order valence-electron chi connectivity index (χ4n) is 3.51. The molecule has 0 saturated carbocycles. The van der Waals surface area contributed by atoms with Gasteiger partial charge in [0.25, 0.3) is 0 Å². The van der Waals surface area contributed by atoms with E-state index in [1.807, 2.05) is 0 Å². The van der Waals surface area contributed by atoms with Gasteiger partial charge in [0.15, 0.2) is 0 Å². The molecule has 2 unspecified atom stereocenters. The minimum absolute atomic E-state index is 0.104. The first kappa shape index (κ1) is 13.1. The van der Waals surface area contributed by atoms with Crippen LogP contribution in [0.2, 0.25) is 0 Å². The number of hydrogen-bond acceptors (Lipinski definition) is 3. The summed E-state index contributed by atoms with van der Waals surface area (Å²) < 4.78 is 6.07. The molecular formula is C16H24N2O. The maximum absolute atomic E-state index is 6.07. The number of benzene rings is 1. The van der Waals surface area contributed by atoms with Gasteiger partial charge in [-0.2, -0.15) is 0 Å². The number of piperidine rings is 1. The smallest absolute Gasteiger partial charge is 0.0973 e. The van der Waals surface area contributed by atoms with Crippen molar-refractivity contribution in [1.82, 2.24) is 10.2 Å². The second-order valence-corrected chi connectivity index (χ2v) is 5.75. The standard InChI is InChI=1S/C16H24N2O/c1-2-18-12-16(10-11-17-13-19-16)9-8-15(18)14-6-4-3-5-7-14/h3-7,15,17H,2,8-13H2,1H3. The van der Waals surface area contributed by atoms with Crippen molar-refractivity contribution in [3.63, 3.8) is 0 Å². The highest BCUT2D eigenvalue weighted by Crippen LogP contribution is 2.38. The molecule has 1 spiro atoms. The third-order valence-electron chi connectivity index (χ3n) is 4.63. The lowest BCUT2D eigenvalue weighted by molar-refractivity contribution is -0.131. The molecule has 2 aliphatic heterocycles. The summed E-state index contributed by atoms with van der Waals surface area (Å²) in [5.41, 5.74) is 1.56. The quantitative estimate of drug-likeness (QED) is 0.884. The van der Waals surface area contributed by atoms with Gasteiger partial charge in [0.2, 0.25) is 0 Å². The third kappa shape index (κ3) is 2.69. The molecule has 2 saturated heterocycles. The SMILES string of the molecule is CCN1CC2(CCNCO2)CCC1c1ccccc1. The molecule has 1 N–H and O–H groups in total. The third-order valence-corrected chi connectivity index (χ3v) is 4.63. The summed E-state index contributed by atoms with van der Waals surface area (Å²) in [5.74, 6) is 0. The van der Waals surface area contributed by atoms with Gasteiger partial charge in [-0.15, -0.1) is 0 Å². The van der Waals surface area contributed by atoms with E-state index in [1.54, 1.807) is 0 Å². The summed E-state index contributed by atoms with van der Waals surface area (Å²) in [6.07, 6.45) is 3.54. The summed E-state index contributed by atoms with van der Waals surface area (Å²) in [4.78, 5) is 2.59. The van der Waals surface area contributed by atoms with Crippen LogP contribution >= 0.6 is 0 Å². The Bertz CT molecular complexity index is 400. The normalized spacial score (nSPS) is 32.6. The van der Waals surface area contributed by atoms with Crippen LogP contribution in [0.3, 0.4) is 0 Å². The number of likely N-dealkylation sites (N-methyl/N-ethyl adjacent to an activating group) is 1. The van der Waals surface area contributed by atoms with Crippen LogP contribution in [0.15, 0.2) is 30.3 Å². The lowest BCUT2D eigenvalue weighted by Crippen LogP contribution is -2.55. The van der Waals surface area contributed by atoms with Crippen molar-refractivity contribution in [2.75, 3.05) is 26.4 Å². The molecule has 0 aromatic heterocycles. The van der Waals surface area contributed by atoms with E-state index in [2.05, 4.69) is 47.5 Å². The van der Waals surface area contributed by atoms with E-state index in [0.717, 1.165) is 26.1 Å². The van der Waals surface area contributed by atoms with Crippen LogP contribution in [-0.2, 0) is 4.74 Å². The number of nitrogens with one attached hydrogen (secondary N) is 1. The first-order valence-corrected chi connectivity index (χ1v) is 7.47. The lowest BCUT2D eigenvalue weighted by atomic mass is 9.83. The molecule has 3 nitrogen and oxygen atoms in total. The van der Waals surface area contributed by atoms with Gasteiger partial charge in [0.1, 0.15) is 0 Å². The monoisotopic (exact) mass is 260 g/mol. The lowest BCUT2D eigenvalue weighted by Gasteiger charge is -2.48. The van der Waals surface area contributed by atoms with Crippen molar-refractivity contribution in [2.45, 2.75) is 37.8 Å². The molecule has 2 fully saturated rings. The Morgan fingerprint density at radius 3 is 2.84 bits per heavy atom. The summed E-state index contributed by atoms with van der Waals surface area (Å²) >= 11 is 0. The van der Waals surface area contributed by atoms with Gasteiger partial charge in [-0.05, 0) is 31.4 Å². The Balaban J connectivity index is 1.76. The predicted octanol–water partition coefficient (Wildman–Crippen LogP) is 2.55. The van der Waals surface area contributed by atoms with Gasteiger partial charge >= 0.3 is 0 Å². The fraction of sp³-hybridized carbons (Fsp3) is 0.625. The topological polar surface area (TPSA) is 24.5 Å². The van der Waals surface area contributed by atoms with Crippen LogP contribution in [0.1, 0.15) is 37.8 Å². The minimum Gasteiger partial charge on any atom is -0.358 e. The highest BCUT2D eigenvalue weighted by atomic mass is 16.5. The molecule has 19 heavy (non-hydrogen) atoms. The number of nitrogens with zero attached hydrogens (tertiary/aromatic N) is 1. The Labute approximate surface area is 115 Å². The zero-order valence-corrected chi connectivity index (χ0v) is 11.8. The van der Waals surface area contributed by atoms with Gasteiger partial charge in [-0.3, -0.25) is 10.2 Å². The van der Waals surface area contributed by atoms with Crippen molar-refractivity contribution >= 4 is 0 Å². The predicted molar refractivity (Wildman–Crippen MR) is 77.0 cm³/mol. The Hall–Kier alpha value is -0.900. The molecular weight excluding hydrogens is 236 g/mol. The molecule has 0 radical (unpaired) electrons. The first-order chi connectivity index (χ1) is 9.33. The van der Waals surface area contributed by atoms with Crippen LogP contribution in [-0.4, -0.2) is 36.9 Å². The molecule has 2 aliphatic rings. The van der Waals surface area contributed by atoms with Crippen molar-refractivity contribution in [1.29, 1.82) is 0 Å². The van der Waals surface area contributed by atoms with Crippen LogP contribution in [0.5, 0.6) is 0 Å². The molecule has 2 atom stereocenters. The van der Waals surface area contributed by atoms with Gasteiger partial charge in [0.05, 0.1) is 12.3 Å².